The fourth-order valence-corrected chi connectivity index (χ4v) is 4.60. The number of halogens is 2. The zero-order chi connectivity index (χ0) is 22.7. The van der Waals surface area contributed by atoms with Crippen LogP contribution in [-0.4, -0.2) is 17.5 Å². The predicted octanol–water partition coefficient (Wildman–Crippen LogP) is 6.39. The van der Waals surface area contributed by atoms with Gasteiger partial charge in [-0.15, -0.1) is 0 Å². The number of anilines is 3. The Bertz CT molecular complexity index is 1120. The van der Waals surface area contributed by atoms with Crippen molar-refractivity contribution in [3.8, 4) is 0 Å². The molecule has 0 spiro atoms. The van der Waals surface area contributed by atoms with Crippen molar-refractivity contribution >= 4 is 33.8 Å². The zero-order valence-electron chi connectivity index (χ0n) is 17.6. The lowest BCUT2D eigenvalue weighted by molar-refractivity contribution is 0.0591. The summed E-state index contributed by atoms with van der Waals surface area (Å²) in [6.07, 6.45) is 3.01. The van der Waals surface area contributed by atoms with E-state index < -0.39 is 17.5 Å². The number of benzene rings is 2. The Hall–Kier alpha value is -3.10. The Morgan fingerprint density at radius 1 is 1.19 bits per heavy atom. The number of hydrogen-bond donors (Lipinski definition) is 2. The van der Waals surface area contributed by atoms with Gasteiger partial charge < -0.3 is 15.4 Å². The normalized spacial score (nSPS) is 15.2. The van der Waals surface area contributed by atoms with Gasteiger partial charge in [0.05, 0.1) is 23.3 Å². The van der Waals surface area contributed by atoms with E-state index in [-0.39, 0.29) is 11.7 Å². The minimum atomic E-state index is -0.798. The van der Waals surface area contributed by atoms with Gasteiger partial charge in [0.15, 0.2) is 5.13 Å². The van der Waals surface area contributed by atoms with Crippen LogP contribution in [0.3, 0.4) is 0 Å². The molecule has 0 fully saturated rings. The lowest BCUT2D eigenvalue weighted by Gasteiger charge is -2.21. The monoisotopic (exact) mass is 455 g/mol. The van der Waals surface area contributed by atoms with Crippen LogP contribution in [0.2, 0.25) is 0 Å². The van der Waals surface area contributed by atoms with Gasteiger partial charge in [-0.1, -0.05) is 23.5 Å². The summed E-state index contributed by atoms with van der Waals surface area (Å²) in [6, 6.07) is 9.74. The van der Waals surface area contributed by atoms with E-state index in [0.717, 1.165) is 64.4 Å². The summed E-state index contributed by atoms with van der Waals surface area (Å²) in [7, 11) is 0. The zero-order valence-corrected chi connectivity index (χ0v) is 18.4. The van der Waals surface area contributed by atoms with Crippen LogP contribution in [0.25, 0.3) is 0 Å². The van der Waals surface area contributed by atoms with Gasteiger partial charge in [-0.3, -0.25) is 4.79 Å². The average molecular weight is 456 g/mol. The quantitative estimate of drug-likeness (QED) is 0.406. The van der Waals surface area contributed by atoms with Crippen LogP contribution in [0.5, 0.6) is 0 Å². The highest BCUT2D eigenvalue weighted by Gasteiger charge is 2.25. The molecule has 0 aliphatic heterocycles. The second-order valence-electron chi connectivity index (χ2n) is 7.79. The number of nitrogens with one attached hydrogen (secondary N) is 2. The molecule has 166 valence electrons. The maximum absolute atomic E-state index is 13.3. The van der Waals surface area contributed by atoms with Gasteiger partial charge in [0, 0.05) is 23.0 Å². The van der Waals surface area contributed by atoms with Crippen molar-refractivity contribution < 1.29 is 18.3 Å². The SMILES string of the molecule is C=C(C)COC1CCCc2nc(Nc3ccc(NC(=O)c4cc(F)cc(F)c4)cc3)sc21. The van der Waals surface area contributed by atoms with Gasteiger partial charge in [0.1, 0.15) is 11.6 Å². The van der Waals surface area contributed by atoms with Crippen molar-refractivity contribution in [1.29, 1.82) is 0 Å². The third kappa shape index (κ3) is 5.38. The number of thiazole rings is 1. The fourth-order valence-electron chi connectivity index (χ4n) is 3.48. The first-order valence-electron chi connectivity index (χ1n) is 10.3. The number of rotatable bonds is 7. The van der Waals surface area contributed by atoms with Crippen LogP contribution in [0.4, 0.5) is 25.3 Å². The minimum absolute atomic E-state index is 0.0498. The molecule has 5 nitrogen and oxygen atoms in total. The summed E-state index contributed by atoms with van der Waals surface area (Å²) in [4.78, 5) is 18.1. The molecule has 1 atom stereocenters. The van der Waals surface area contributed by atoms with Gasteiger partial charge in [-0.25, -0.2) is 13.8 Å². The van der Waals surface area contributed by atoms with E-state index in [2.05, 4.69) is 17.2 Å². The standard InChI is InChI=1S/C24H23F2N3O2S/c1-14(2)13-31-21-5-3-4-20-22(21)32-24(29-20)28-19-8-6-18(7-9-19)27-23(30)15-10-16(25)12-17(26)11-15/h6-12,21H,1,3-5,13H2,2H3,(H,27,30)(H,28,29). The second kappa shape index (κ2) is 9.58. The molecule has 1 aromatic heterocycles. The highest BCUT2D eigenvalue weighted by atomic mass is 32.1. The number of ether oxygens (including phenoxy) is 1. The topological polar surface area (TPSA) is 63.2 Å². The first kappa shape index (κ1) is 22.1. The molecule has 1 aliphatic carbocycles. The van der Waals surface area contributed by atoms with Crippen LogP contribution in [-0.2, 0) is 11.2 Å². The molecule has 3 aromatic rings. The van der Waals surface area contributed by atoms with Gasteiger partial charge in [0.2, 0.25) is 0 Å². The molecule has 2 N–H and O–H groups in total. The Morgan fingerprint density at radius 3 is 2.56 bits per heavy atom. The molecular formula is C24H23F2N3O2S. The maximum atomic E-state index is 13.3. The average Bonchev–Trinajstić information content (AvgIpc) is 3.16. The molecule has 0 saturated carbocycles. The summed E-state index contributed by atoms with van der Waals surface area (Å²) in [6.45, 7) is 6.39. The third-order valence-corrected chi connectivity index (χ3v) is 6.05. The molecule has 0 saturated heterocycles. The van der Waals surface area contributed by atoms with Gasteiger partial charge in [0.25, 0.3) is 5.91 Å². The first-order valence-corrected chi connectivity index (χ1v) is 11.1. The summed E-state index contributed by atoms with van der Waals surface area (Å²) in [5.41, 5.74) is 3.31. The molecule has 8 heteroatoms. The van der Waals surface area contributed by atoms with Crippen LogP contribution in [0.1, 0.15) is 46.8 Å². The van der Waals surface area contributed by atoms with E-state index in [4.69, 9.17) is 9.72 Å². The Balaban J connectivity index is 1.41. The molecular weight excluding hydrogens is 432 g/mol. The Labute approximate surface area is 189 Å². The Morgan fingerprint density at radius 2 is 1.88 bits per heavy atom. The minimum Gasteiger partial charge on any atom is -0.368 e. The number of carbonyl (C=O) groups excluding carboxylic acids is 1. The number of fused-ring (bicyclic) bond motifs is 1. The van der Waals surface area contributed by atoms with Gasteiger partial charge in [-0.2, -0.15) is 0 Å². The van der Waals surface area contributed by atoms with Gasteiger partial charge >= 0.3 is 0 Å². The lowest BCUT2D eigenvalue weighted by Crippen LogP contribution is -2.12. The number of amides is 1. The highest BCUT2D eigenvalue weighted by Crippen LogP contribution is 2.39. The summed E-state index contributed by atoms with van der Waals surface area (Å²) in [5.74, 6) is -2.18. The molecule has 0 bridgehead atoms. The molecule has 1 unspecified atom stereocenters. The van der Waals surface area contributed by atoms with E-state index in [0.29, 0.717) is 12.3 Å². The van der Waals surface area contributed by atoms with Crippen molar-refractivity contribution in [3.05, 3.63) is 82.4 Å². The maximum Gasteiger partial charge on any atom is 0.255 e. The van der Waals surface area contributed by atoms with Crippen LogP contribution < -0.4 is 10.6 Å². The molecule has 0 radical (unpaired) electrons. The predicted molar refractivity (Wildman–Crippen MR) is 123 cm³/mol. The van der Waals surface area contributed by atoms with Crippen LogP contribution >= 0.6 is 11.3 Å². The van der Waals surface area contributed by atoms with Crippen LogP contribution in [0.15, 0.2) is 54.6 Å². The molecule has 1 heterocycles. The number of aromatic nitrogens is 1. The Kier molecular flexibility index (Phi) is 6.62. The number of hydrogen-bond acceptors (Lipinski definition) is 5. The van der Waals surface area contributed by atoms with E-state index >= 15 is 0 Å². The summed E-state index contributed by atoms with van der Waals surface area (Å²) in [5, 5.41) is 6.72. The molecule has 1 amide bonds. The van der Waals surface area contributed by atoms with E-state index in [1.54, 1.807) is 35.6 Å². The highest BCUT2D eigenvalue weighted by molar-refractivity contribution is 7.15. The largest absolute Gasteiger partial charge is 0.368 e. The fraction of sp³-hybridized carbons (Fsp3) is 0.250. The van der Waals surface area contributed by atoms with Crippen molar-refractivity contribution in [2.75, 3.05) is 17.2 Å². The smallest absolute Gasteiger partial charge is 0.255 e. The lowest BCUT2D eigenvalue weighted by atomic mass is 10.0. The van der Waals surface area contributed by atoms with Crippen molar-refractivity contribution in [1.82, 2.24) is 4.98 Å². The summed E-state index contributed by atoms with van der Waals surface area (Å²) < 4.78 is 32.7. The van der Waals surface area contributed by atoms with E-state index in [1.807, 2.05) is 6.92 Å². The number of carbonyl (C=O) groups is 1. The van der Waals surface area contributed by atoms with Crippen molar-refractivity contribution in [2.24, 2.45) is 0 Å². The summed E-state index contributed by atoms with van der Waals surface area (Å²) >= 11 is 1.59. The molecule has 2 aromatic carbocycles. The van der Waals surface area contributed by atoms with E-state index in [9.17, 15) is 13.6 Å². The molecule has 1 aliphatic rings. The molecule has 4 rings (SSSR count). The number of nitrogens with zero attached hydrogens (tertiary/aromatic N) is 1. The van der Waals surface area contributed by atoms with Crippen LogP contribution in [0, 0.1) is 11.6 Å². The first-order chi connectivity index (χ1) is 15.4. The second-order valence-corrected chi connectivity index (χ2v) is 8.82. The molecule has 32 heavy (non-hydrogen) atoms. The third-order valence-electron chi connectivity index (χ3n) is 4.95. The van der Waals surface area contributed by atoms with Gasteiger partial charge in [-0.05, 0) is 62.6 Å². The van der Waals surface area contributed by atoms with Crippen molar-refractivity contribution in [2.45, 2.75) is 32.3 Å². The number of aryl methyl sites for hydroxylation is 1. The van der Waals surface area contributed by atoms with E-state index in [1.165, 1.54) is 0 Å². The van der Waals surface area contributed by atoms with Crippen molar-refractivity contribution in [3.63, 3.8) is 0 Å².